The van der Waals surface area contributed by atoms with Crippen LogP contribution in [0.2, 0.25) is 5.15 Å². The fraction of sp³-hybridized carbons (Fsp3) is 0.636. The van der Waals surface area contributed by atoms with Crippen molar-refractivity contribution in [3.8, 4) is 5.75 Å². The van der Waals surface area contributed by atoms with Gasteiger partial charge in [-0.05, 0) is 26.4 Å². The third-order valence-corrected chi connectivity index (χ3v) is 3.41. The van der Waals surface area contributed by atoms with Crippen molar-refractivity contribution in [2.45, 2.75) is 18.9 Å². The highest BCUT2D eigenvalue weighted by atomic mass is 35.5. The number of anilines is 1. The molecule has 0 amide bonds. The highest BCUT2D eigenvalue weighted by Crippen LogP contribution is 2.28. The number of hydrogen-bond donors (Lipinski definition) is 1. The van der Waals surface area contributed by atoms with Gasteiger partial charge in [0.05, 0.1) is 7.11 Å². The SMILES string of the molecule is COc1c(Cl)ncnc1NCC1CCCN1C. The molecule has 17 heavy (non-hydrogen) atoms. The standard InChI is InChI=1S/C11H17ClN4O/c1-16-5-3-4-8(16)6-13-11-9(17-2)10(12)14-7-15-11/h7-8H,3-6H2,1-2H3,(H,13,14,15). The second kappa shape index (κ2) is 5.51. The first-order valence-corrected chi connectivity index (χ1v) is 6.08. The molecule has 0 spiro atoms. The molecule has 0 radical (unpaired) electrons. The molecule has 1 N–H and O–H groups in total. The number of aromatic nitrogens is 2. The van der Waals surface area contributed by atoms with E-state index in [9.17, 15) is 0 Å². The van der Waals surface area contributed by atoms with Crippen LogP contribution in [0.1, 0.15) is 12.8 Å². The summed E-state index contributed by atoms with van der Waals surface area (Å²) in [5, 5.41) is 3.61. The van der Waals surface area contributed by atoms with Crippen molar-refractivity contribution >= 4 is 17.4 Å². The van der Waals surface area contributed by atoms with Gasteiger partial charge in [-0.2, -0.15) is 0 Å². The van der Waals surface area contributed by atoms with Gasteiger partial charge in [0.2, 0.25) is 0 Å². The van der Waals surface area contributed by atoms with Gasteiger partial charge < -0.3 is 15.0 Å². The van der Waals surface area contributed by atoms with Crippen LogP contribution >= 0.6 is 11.6 Å². The smallest absolute Gasteiger partial charge is 0.198 e. The number of halogens is 1. The van der Waals surface area contributed by atoms with Crippen LogP contribution in [-0.2, 0) is 0 Å². The van der Waals surface area contributed by atoms with Crippen LogP contribution in [0.3, 0.4) is 0 Å². The van der Waals surface area contributed by atoms with E-state index in [-0.39, 0.29) is 0 Å². The minimum Gasteiger partial charge on any atom is -0.490 e. The van der Waals surface area contributed by atoms with E-state index in [0.29, 0.717) is 22.8 Å². The normalized spacial score (nSPS) is 20.5. The summed E-state index contributed by atoms with van der Waals surface area (Å²) in [6.07, 6.45) is 3.90. The number of likely N-dealkylation sites (tertiary alicyclic amines) is 1. The van der Waals surface area contributed by atoms with Crippen LogP contribution in [0.5, 0.6) is 5.75 Å². The molecular formula is C11H17ClN4O. The Morgan fingerprint density at radius 3 is 3.06 bits per heavy atom. The average molecular weight is 257 g/mol. The van der Waals surface area contributed by atoms with E-state index in [1.807, 2.05) is 0 Å². The van der Waals surface area contributed by atoms with Crippen LogP contribution in [0.4, 0.5) is 5.82 Å². The third kappa shape index (κ3) is 2.79. The van der Waals surface area contributed by atoms with Crippen LogP contribution in [0.25, 0.3) is 0 Å². The predicted molar refractivity (Wildman–Crippen MR) is 67.7 cm³/mol. The third-order valence-electron chi connectivity index (χ3n) is 3.14. The van der Waals surface area contributed by atoms with Gasteiger partial charge >= 0.3 is 0 Å². The first-order chi connectivity index (χ1) is 8.22. The lowest BCUT2D eigenvalue weighted by Gasteiger charge is -2.20. The van der Waals surface area contributed by atoms with Gasteiger partial charge in [-0.25, -0.2) is 9.97 Å². The lowest BCUT2D eigenvalue weighted by Crippen LogP contribution is -2.31. The zero-order chi connectivity index (χ0) is 12.3. The first kappa shape index (κ1) is 12.4. The quantitative estimate of drug-likeness (QED) is 0.830. The molecule has 94 valence electrons. The van der Waals surface area contributed by atoms with Crippen LogP contribution in [-0.4, -0.2) is 48.2 Å². The lowest BCUT2D eigenvalue weighted by molar-refractivity contribution is 0.321. The topological polar surface area (TPSA) is 50.3 Å². The van der Waals surface area contributed by atoms with Crippen LogP contribution in [0, 0.1) is 0 Å². The maximum atomic E-state index is 5.93. The van der Waals surface area contributed by atoms with Gasteiger partial charge in [-0.1, -0.05) is 11.6 Å². The Hall–Kier alpha value is -1.07. The Bertz CT molecular complexity index is 388. The van der Waals surface area contributed by atoms with Gasteiger partial charge in [-0.3, -0.25) is 0 Å². The molecule has 6 heteroatoms. The Balaban J connectivity index is 2.01. The molecule has 1 aromatic heterocycles. The Labute approximate surface area is 106 Å². The van der Waals surface area contributed by atoms with Crippen molar-refractivity contribution in [3.05, 3.63) is 11.5 Å². The minimum absolute atomic E-state index is 0.338. The summed E-state index contributed by atoms with van der Waals surface area (Å²) in [5.74, 6) is 1.17. The highest BCUT2D eigenvalue weighted by Gasteiger charge is 2.21. The monoisotopic (exact) mass is 256 g/mol. The number of hydrogen-bond acceptors (Lipinski definition) is 5. The summed E-state index contributed by atoms with van der Waals surface area (Å²) in [6.45, 7) is 2.01. The summed E-state index contributed by atoms with van der Waals surface area (Å²) < 4.78 is 5.19. The van der Waals surface area contributed by atoms with Gasteiger partial charge in [0, 0.05) is 12.6 Å². The van der Waals surface area contributed by atoms with Crippen molar-refractivity contribution in [1.82, 2.24) is 14.9 Å². The molecule has 2 heterocycles. The molecule has 0 saturated carbocycles. The maximum Gasteiger partial charge on any atom is 0.198 e. The van der Waals surface area contributed by atoms with Gasteiger partial charge in [0.1, 0.15) is 6.33 Å². The largest absolute Gasteiger partial charge is 0.490 e. The van der Waals surface area contributed by atoms with E-state index in [2.05, 4.69) is 27.2 Å². The van der Waals surface area contributed by atoms with Crippen molar-refractivity contribution in [3.63, 3.8) is 0 Å². The second-order valence-electron chi connectivity index (χ2n) is 4.20. The number of methoxy groups -OCH3 is 1. The average Bonchev–Trinajstić information content (AvgIpc) is 2.72. The van der Waals surface area contributed by atoms with Crippen LogP contribution < -0.4 is 10.1 Å². The molecule has 5 nitrogen and oxygen atoms in total. The van der Waals surface area contributed by atoms with Crippen molar-refractivity contribution in [2.75, 3.05) is 32.6 Å². The molecule has 1 unspecified atom stereocenters. The van der Waals surface area contributed by atoms with Crippen molar-refractivity contribution in [2.24, 2.45) is 0 Å². The second-order valence-corrected chi connectivity index (χ2v) is 4.56. The highest BCUT2D eigenvalue weighted by molar-refractivity contribution is 6.31. The summed E-state index contributed by atoms with van der Waals surface area (Å²) in [6, 6.07) is 0.549. The van der Waals surface area contributed by atoms with E-state index < -0.39 is 0 Å². The molecule has 1 aliphatic heterocycles. The summed E-state index contributed by atoms with van der Waals surface area (Å²) in [7, 11) is 3.71. The van der Waals surface area contributed by atoms with Crippen molar-refractivity contribution in [1.29, 1.82) is 0 Å². The lowest BCUT2D eigenvalue weighted by atomic mass is 10.2. The molecule has 1 aliphatic rings. The number of nitrogens with zero attached hydrogens (tertiary/aromatic N) is 3. The molecule has 1 aromatic rings. The molecular weight excluding hydrogens is 240 g/mol. The molecule has 0 aromatic carbocycles. The van der Waals surface area contributed by atoms with Gasteiger partial charge in [-0.15, -0.1) is 0 Å². The number of nitrogens with one attached hydrogen (secondary N) is 1. The van der Waals surface area contributed by atoms with E-state index in [4.69, 9.17) is 16.3 Å². The number of ether oxygens (including phenoxy) is 1. The molecule has 0 aliphatic carbocycles. The number of rotatable bonds is 4. The molecule has 2 rings (SSSR count). The van der Waals surface area contributed by atoms with Crippen molar-refractivity contribution < 1.29 is 4.74 Å². The van der Waals surface area contributed by atoms with Gasteiger partial charge in [0.25, 0.3) is 0 Å². The summed E-state index contributed by atoms with van der Waals surface area (Å²) >= 11 is 5.93. The van der Waals surface area contributed by atoms with E-state index >= 15 is 0 Å². The Kier molecular flexibility index (Phi) is 4.02. The predicted octanol–water partition coefficient (Wildman–Crippen LogP) is 1.64. The molecule has 0 bridgehead atoms. The Morgan fingerprint density at radius 1 is 1.59 bits per heavy atom. The van der Waals surface area contributed by atoms with Crippen LogP contribution in [0.15, 0.2) is 6.33 Å². The molecule has 1 fully saturated rings. The zero-order valence-electron chi connectivity index (χ0n) is 10.1. The molecule has 1 saturated heterocycles. The fourth-order valence-corrected chi connectivity index (χ4v) is 2.32. The Morgan fingerprint density at radius 2 is 2.41 bits per heavy atom. The van der Waals surface area contributed by atoms with E-state index in [1.165, 1.54) is 19.2 Å². The van der Waals surface area contributed by atoms with E-state index in [1.54, 1.807) is 7.11 Å². The minimum atomic E-state index is 0.338. The molecule has 1 atom stereocenters. The van der Waals surface area contributed by atoms with E-state index in [0.717, 1.165) is 13.1 Å². The fourth-order valence-electron chi connectivity index (χ4n) is 2.11. The summed E-state index contributed by atoms with van der Waals surface area (Å²) in [4.78, 5) is 10.4. The number of likely N-dealkylation sites (N-methyl/N-ethyl adjacent to an activating group) is 1. The first-order valence-electron chi connectivity index (χ1n) is 5.71. The summed E-state index contributed by atoms with van der Waals surface area (Å²) in [5.41, 5.74) is 0. The zero-order valence-corrected chi connectivity index (χ0v) is 10.9. The maximum absolute atomic E-state index is 5.93. The van der Waals surface area contributed by atoms with Gasteiger partial charge in [0.15, 0.2) is 16.7 Å².